The number of rotatable bonds is 3. The Balaban J connectivity index is 1.83. The zero-order valence-corrected chi connectivity index (χ0v) is 16.2. The van der Waals surface area contributed by atoms with Crippen LogP contribution in [0, 0.1) is 5.82 Å². The largest absolute Gasteiger partial charge is 0.365 e. The van der Waals surface area contributed by atoms with Crippen molar-refractivity contribution in [2.45, 2.75) is 25.0 Å². The van der Waals surface area contributed by atoms with Gasteiger partial charge >= 0.3 is 6.03 Å². The van der Waals surface area contributed by atoms with Gasteiger partial charge in [-0.2, -0.15) is 0 Å². The fourth-order valence-electron chi connectivity index (χ4n) is 3.68. The summed E-state index contributed by atoms with van der Waals surface area (Å²) in [6, 6.07) is 2.92. The number of hydrogen-bond donors (Lipinski definition) is 2. The van der Waals surface area contributed by atoms with Crippen LogP contribution in [0.15, 0.2) is 18.2 Å². The van der Waals surface area contributed by atoms with Gasteiger partial charge < -0.3 is 20.9 Å². The number of fused-ring (bicyclic) bond motifs is 1. The van der Waals surface area contributed by atoms with Crippen LogP contribution >= 0.6 is 22.9 Å². The molecule has 2 heterocycles. The van der Waals surface area contributed by atoms with Crippen molar-refractivity contribution in [1.29, 1.82) is 0 Å². The molecule has 1 spiro atoms. The van der Waals surface area contributed by atoms with Gasteiger partial charge in [-0.1, -0.05) is 11.6 Å². The van der Waals surface area contributed by atoms with Crippen LogP contribution in [0.3, 0.4) is 0 Å². The number of hydrogen-bond acceptors (Lipinski definition) is 5. The van der Waals surface area contributed by atoms with Gasteiger partial charge in [0.15, 0.2) is 5.79 Å². The van der Waals surface area contributed by atoms with Crippen molar-refractivity contribution in [3.05, 3.63) is 45.0 Å². The van der Waals surface area contributed by atoms with Gasteiger partial charge in [0.1, 0.15) is 10.8 Å². The molecule has 148 valence electrons. The minimum atomic E-state index is -0.841. The number of urea groups is 1. The number of thiophene rings is 1. The molecule has 4 rings (SSSR count). The van der Waals surface area contributed by atoms with E-state index in [1.54, 1.807) is 0 Å². The predicted molar refractivity (Wildman–Crippen MR) is 103 cm³/mol. The van der Waals surface area contributed by atoms with Gasteiger partial charge in [-0.25, -0.2) is 9.18 Å². The number of anilines is 2. The van der Waals surface area contributed by atoms with Crippen molar-refractivity contribution < 1.29 is 23.5 Å². The topological polar surface area (TPSA) is 108 Å². The molecule has 2 aliphatic rings. The summed E-state index contributed by atoms with van der Waals surface area (Å²) in [6.07, 6.45) is 1.54. The first-order valence-electron chi connectivity index (χ1n) is 8.58. The van der Waals surface area contributed by atoms with Crippen molar-refractivity contribution >= 4 is 45.6 Å². The molecular formula is C18H17ClFN3O4S. The third-order valence-electron chi connectivity index (χ3n) is 4.90. The molecule has 1 aromatic heterocycles. The molecule has 0 radical (unpaired) electrons. The molecular weight excluding hydrogens is 409 g/mol. The average Bonchev–Trinajstić information content (AvgIpc) is 3.22. The van der Waals surface area contributed by atoms with E-state index >= 15 is 0 Å². The summed E-state index contributed by atoms with van der Waals surface area (Å²) in [5, 5.41) is 0.111. The lowest BCUT2D eigenvalue weighted by atomic mass is 9.90. The molecule has 1 aliphatic carbocycles. The maximum atomic E-state index is 13.6. The fourth-order valence-corrected chi connectivity index (χ4v) is 5.32. The number of carbonyl (C=O) groups excluding carboxylic acids is 2. The second kappa shape index (κ2) is 7.00. The average molecular weight is 426 g/mol. The minimum absolute atomic E-state index is 0.169. The van der Waals surface area contributed by atoms with Crippen LogP contribution in [-0.2, 0) is 22.3 Å². The Morgan fingerprint density at radius 1 is 1.25 bits per heavy atom. The van der Waals surface area contributed by atoms with Crippen LogP contribution in [0.1, 0.15) is 27.2 Å². The second-order valence-electron chi connectivity index (χ2n) is 6.60. The summed E-state index contributed by atoms with van der Waals surface area (Å²) in [7, 11) is 0. The normalized spacial score (nSPS) is 17.5. The van der Waals surface area contributed by atoms with Gasteiger partial charge in [-0.3, -0.25) is 9.69 Å². The van der Waals surface area contributed by atoms with E-state index in [0.29, 0.717) is 32.5 Å². The zero-order valence-electron chi connectivity index (χ0n) is 14.7. The quantitative estimate of drug-likeness (QED) is 0.787. The van der Waals surface area contributed by atoms with Crippen molar-refractivity contribution in [3.63, 3.8) is 0 Å². The molecule has 2 aromatic rings. The maximum absolute atomic E-state index is 13.6. The highest BCUT2D eigenvalue weighted by Crippen LogP contribution is 2.46. The third kappa shape index (κ3) is 3.14. The fraction of sp³-hybridized carbons (Fsp3) is 0.333. The number of nitrogens with two attached hydrogens (primary N) is 2. The highest BCUT2D eigenvalue weighted by molar-refractivity contribution is 7.17. The van der Waals surface area contributed by atoms with Crippen molar-refractivity contribution in [1.82, 2.24) is 0 Å². The van der Waals surface area contributed by atoms with Gasteiger partial charge in [0.05, 0.1) is 29.5 Å². The number of amides is 3. The molecule has 1 fully saturated rings. The van der Waals surface area contributed by atoms with E-state index in [1.807, 2.05) is 0 Å². The number of ether oxygens (including phenoxy) is 2. The number of benzene rings is 1. The summed E-state index contributed by atoms with van der Waals surface area (Å²) in [5.74, 6) is -2.01. The van der Waals surface area contributed by atoms with E-state index < -0.39 is 23.5 Å². The van der Waals surface area contributed by atoms with E-state index in [9.17, 15) is 14.0 Å². The minimum Gasteiger partial charge on any atom is -0.365 e. The summed E-state index contributed by atoms with van der Waals surface area (Å²) >= 11 is 7.08. The molecule has 0 saturated carbocycles. The lowest BCUT2D eigenvalue weighted by molar-refractivity contribution is -0.163. The molecule has 3 amide bonds. The van der Waals surface area contributed by atoms with Crippen molar-refractivity contribution in [3.8, 4) is 0 Å². The third-order valence-corrected chi connectivity index (χ3v) is 6.41. The van der Waals surface area contributed by atoms with Crippen LogP contribution in [0.25, 0.3) is 0 Å². The number of halogens is 2. The monoisotopic (exact) mass is 425 g/mol. The highest BCUT2D eigenvalue weighted by Gasteiger charge is 2.43. The molecule has 1 saturated heterocycles. The Morgan fingerprint density at radius 3 is 2.57 bits per heavy atom. The van der Waals surface area contributed by atoms with Crippen LogP contribution in [0.4, 0.5) is 19.9 Å². The van der Waals surface area contributed by atoms with Gasteiger partial charge in [0.25, 0.3) is 5.91 Å². The molecule has 1 aliphatic heterocycles. The smallest absolute Gasteiger partial charge is 0.324 e. The first-order valence-corrected chi connectivity index (χ1v) is 9.77. The van der Waals surface area contributed by atoms with Gasteiger partial charge in [-0.05, 0) is 30.2 Å². The number of carbonyl (C=O) groups is 2. The summed E-state index contributed by atoms with van der Waals surface area (Å²) < 4.78 is 25.1. The molecule has 28 heavy (non-hydrogen) atoms. The summed E-state index contributed by atoms with van der Waals surface area (Å²) in [4.78, 5) is 26.5. The molecule has 0 bridgehead atoms. The second-order valence-corrected chi connectivity index (χ2v) is 8.10. The Morgan fingerprint density at radius 2 is 1.96 bits per heavy atom. The van der Waals surface area contributed by atoms with E-state index in [2.05, 4.69) is 0 Å². The number of nitrogens with zero attached hydrogens (tertiary/aromatic N) is 1. The molecule has 4 N–H and O–H groups in total. The lowest BCUT2D eigenvalue weighted by Gasteiger charge is -2.31. The van der Waals surface area contributed by atoms with E-state index in [1.165, 1.54) is 23.5 Å². The molecule has 0 atom stereocenters. The van der Waals surface area contributed by atoms with Gasteiger partial charge in [0, 0.05) is 17.7 Å². The standard InChI is InChI=1S/C18H17ClFN3O4S/c19-11-7-9(1-2-12(11)20)23(17(22)25)16-14(15(21)24)10-3-4-18(8-13(10)28-16)26-5-6-27-18/h1-2,7H,3-6,8H2,(H2,21,24)(H2,22,25). The number of primary amides is 2. The summed E-state index contributed by atoms with van der Waals surface area (Å²) in [6.45, 7) is 1.02. The van der Waals surface area contributed by atoms with E-state index in [4.69, 9.17) is 32.5 Å². The first kappa shape index (κ1) is 19.1. The molecule has 0 unspecified atom stereocenters. The Kier molecular flexibility index (Phi) is 4.78. The van der Waals surface area contributed by atoms with Crippen LogP contribution < -0.4 is 16.4 Å². The van der Waals surface area contributed by atoms with E-state index in [-0.39, 0.29) is 21.3 Å². The predicted octanol–water partition coefficient (Wildman–Crippen LogP) is 3.09. The Labute approximate surface area is 168 Å². The molecule has 10 heteroatoms. The lowest BCUT2D eigenvalue weighted by Crippen LogP contribution is -2.36. The highest BCUT2D eigenvalue weighted by atomic mass is 35.5. The molecule has 1 aromatic carbocycles. The van der Waals surface area contributed by atoms with Crippen LogP contribution in [0.2, 0.25) is 5.02 Å². The van der Waals surface area contributed by atoms with Gasteiger partial charge in [0.2, 0.25) is 0 Å². The maximum Gasteiger partial charge on any atom is 0.324 e. The Hall–Kier alpha value is -2.20. The van der Waals surface area contributed by atoms with Gasteiger partial charge in [-0.15, -0.1) is 11.3 Å². The first-order chi connectivity index (χ1) is 13.3. The zero-order chi connectivity index (χ0) is 20.1. The summed E-state index contributed by atoms with van der Waals surface area (Å²) in [5.41, 5.74) is 12.5. The van der Waals surface area contributed by atoms with E-state index in [0.717, 1.165) is 21.4 Å². The van der Waals surface area contributed by atoms with Crippen LogP contribution in [0.5, 0.6) is 0 Å². The SMILES string of the molecule is NC(=O)c1c(N(C(N)=O)c2ccc(F)c(Cl)c2)sc2c1CCC1(C2)OCCO1. The van der Waals surface area contributed by atoms with Crippen molar-refractivity contribution in [2.24, 2.45) is 11.5 Å². The van der Waals surface area contributed by atoms with Crippen molar-refractivity contribution in [2.75, 3.05) is 18.1 Å². The molecule has 7 nitrogen and oxygen atoms in total. The van der Waals surface area contributed by atoms with Crippen LogP contribution in [-0.4, -0.2) is 30.9 Å². The Bertz CT molecular complexity index is 974.